The van der Waals surface area contributed by atoms with Crippen LogP contribution in [0.4, 0.5) is 0 Å². The van der Waals surface area contributed by atoms with Gasteiger partial charge >= 0.3 is 5.97 Å². The average Bonchev–Trinajstić information content (AvgIpc) is 2.91. The quantitative estimate of drug-likeness (QED) is 0.805. The minimum absolute atomic E-state index is 0.0889. The maximum Gasteiger partial charge on any atom is 0.345 e. The lowest BCUT2D eigenvalue weighted by Gasteiger charge is -2.08. The zero-order valence-corrected chi connectivity index (χ0v) is 11.3. The summed E-state index contributed by atoms with van der Waals surface area (Å²) in [6.45, 7) is 0.387. The number of rotatable bonds is 3. The fraction of sp³-hybridized carbons (Fsp3) is 0.0667. The molecule has 3 rings (SSSR count). The number of carboxylic acid groups (broad SMARTS) is 1. The molecule has 0 atom stereocenters. The highest BCUT2D eigenvalue weighted by Gasteiger charge is 2.09. The Bertz CT molecular complexity index is 847. The second-order valence-corrected chi connectivity index (χ2v) is 5.56. The van der Waals surface area contributed by atoms with E-state index in [0.29, 0.717) is 6.54 Å². The molecule has 2 heterocycles. The third-order valence-electron chi connectivity index (χ3n) is 3.09. The first-order valence-electron chi connectivity index (χ1n) is 6.06. The molecule has 20 heavy (non-hydrogen) atoms. The first-order chi connectivity index (χ1) is 9.65. The second kappa shape index (κ2) is 4.94. The Kier molecular flexibility index (Phi) is 3.12. The number of fused-ring (bicyclic) bond motifs is 1. The van der Waals surface area contributed by atoms with Crippen LogP contribution in [0, 0.1) is 0 Å². The molecular weight excluding hydrogens is 274 g/mol. The summed E-state index contributed by atoms with van der Waals surface area (Å²) in [6, 6.07) is 14.3. The molecule has 2 aromatic heterocycles. The largest absolute Gasteiger partial charge is 0.477 e. The van der Waals surface area contributed by atoms with Crippen molar-refractivity contribution in [2.45, 2.75) is 6.54 Å². The van der Waals surface area contributed by atoms with Crippen LogP contribution < -0.4 is 5.56 Å². The van der Waals surface area contributed by atoms with Gasteiger partial charge in [-0.2, -0.15) is 0 Å². The number of hydrogen-bond acceptors (Lipinski definition) is 3. The fourth-order valence-corrected chi connectivity index (χ4v) is 2.98. The number of aromatic carboxylic acids is 1. The molecule has 0 aliphatic heterocycles. The highest BCUT2D eigenvalue weighted by atomic mass is 32.1. The van der Waals surface area contributed by atoms with Crippen molar-refractivity contribution in [3.05, 3.63) is 68.6 Å². The third kappa shape index (κ3) is 2.23. The highest BCUT2D eigenvalue weighted by Crippen LogP contribution is 2.19. The van der Waals surface area contributed by atoms with Crippen molar-refractivity contribution in [2.75, 3.05) is 0 Å². The summed E-state index contributed by atoms with van der Waals surface area (Å²) in [5.74, 6) is -0.938. The van der Waals surface area contributed by atoms with Gasteiger partial charge in [0, 0.05) is 10.9 Å². The van der Waals surface area contributed by atoms with Crippen LogP contribution in [-0.2, 0) is 6.54 Å². The third-order valence-corrected chi connectivity index (χ3v) is 4.14. The highest BCUT2D eigenvalue weighted by molar-refractivity contribution is 7.13. The minimum Gasteiger partial charge on any atom is -0.477 e. The number of nitrogens with zero attached hydrogens (tertiary/aromatic N) is 1. The number of aromatic nitrogens is 1. The lowest BCUT2D eigenvalue weighted by Crippen LogP contribution is -2.19. The van der Waals surface area contributed by atoms with Crippen molar-refractivity contribution in [2.24, 2.45) is 0 Å². The predicted octanol–water partition coefficient (Wildman–Crippen LogP) is 2.81. The molecule has 0 aliphatic carbocycles. The molecule has 4 nitrogen and oxygen atoms in total. The van der Waals surface area contributed by atoms with Crippen LogP contribution in [0.1, 0.15) is 14.5 Å². The molecule has 0 spiro atoms. The van der Waals surface area contributed by atoms with Gasteiger partial charge < -0.3 is 9.67 Å². The summed E-state index contributed by atoms with van der Waals surface area (Å²) in [4.78, 5) is 24.1. The van der Waals surface area contributed by atoms with Gasteiger partial charge in [-0.05, 0) is 29.7 Å². The van der Waals surface area contributed by atoms with Crippen LogP contribution >= 0.6 is 11.3 Å². The van der Waals surface area contributed by atoms with Gasteiger partial charge in [0.25, 0.3) is 5.56 Å². The number of hydrogen-bond donors (Lipinski definition) is 1. The Morgan fingerprint density at radius 3 is 2.65 bits per heavy atom. The van der Waals surface area contributed by atoms with Crippen molar-refractivity contribution in [3.8, 4) is 0 Å². The minimum atomic E-state index is -0.938. The summed E-state index contributed by atoms with van der Waals surface area (Å²) < 4.78 is 1.66. The molecule has 0 amide bonds. The van der Waals surface area contributed by atoms with Crippen LogP contribution in [0.3, 0.4) is 0 Å². The van der Waals surface area contributed by atoms with E-state index >= 15 is 0 Å². The zero-order chi connectivity index (χ0) is 14.1. The van der Waals surface area contributed by atoms with Gasteiger partial charge in [0.05, 0.1) is 12.1 Å². The molecule has 3 aromatic rings. The van der Waals surface area contributed by atoms with E-state index in [2.05, 4.69) is 0 Å². The average molecular weight is 285 g/mol. The topological polar surface area (TPSA) is 59.3 Å². The first-order valence-corrected chi connectivity index (χ1v) is 6.87. The maximum atomic E-state index is 12.0. The smallest absolute Gasteiger partial charge is 0.345 e. The lowest BCUT2D eigenvalue weighted by molar-refractivity contribution is 0.0702. The van der Waals surface area contributed by atoms with Gasteiger partial charge in [0.2, 0.25) is 0 Å². The number of benzene rings is 1. The SMILES string of the molecule is O=C(O)c1ccc(Cn2c(=O)ccc3ccccc32)s1. The summed E-state index contributed by atoms with van der Waals surface area (Å²) in [5, 5.41) is 9.92. The van der Waals surface area contributed by atoms with E-state index in [1.165, 1.54) is 17.4 Å². The number of thiophene rings is 1. The van der Waals surface area contributed by atoms with E-state index in [9.17, 15) is 9.59 Å². The van der Waals surface area contributed by atoms with Crippen molar-refractivity contribution in [3.63, 3.8) is 0 Å². The van der Waals surface area contributed by atoms with Crippen molar-refractivity contribution >= 4 is 28.2 Å². The van der Waals surface area contributed by atoms with Crippen LogP contribution in [0.5, 0.6) is 0 Å². The Labute approximate surface area is 118 Å². The Hall–Kier alpha value is -2.40. The van der Waals surface area contributed by atoms with E-state index in [0.717, 1.165) is 15.8 Å². The maximum absolute atomic E-state index is 12.0. The normalized spacial score (nSPS) is 10.8. The monoisotopic (exact) mass is 285 g/mol. The predicted molar refractivity (Wildman–Crippen MR) is 78.6 cm³/mol. The molecule has 0 bridgehead atoms. The number of carbonyl (C=O) groups is 1. The van der Waals surface area contributed by atoms with Crippen molar-refractivity contribution in [1.29, 1.82) is 0 Å². The van der Waals surface area contributed by atoms with E-state index in [4.69, 9.17) is 5.11 Å². The molecule has 0 aliphatic rings. The van der Waals surface area contributed by atoms with Crippen molar-refractivity contribution < 1.29 is 9.90 Å². The molecule has 5 heteroatoms. The molecular formula is C15H11NO3S. The summed E-state index contributed by atoms with van der Waals surface area (Å²) in [7, 11) is 0. The van der Waals surface area contributed by atoms with Gasteiger partial charge in [-0.3, -0.25) is 4.79 Å². The Balaban J connectivity index is 2.07. The Morgan fingerprint density at radius 1 is 1.10 bits per heavy atom. The molecule has 1 aromatic carbocycles. The summed E-state index contributed by atoms with van der Waals surface area (Å²) in [6.07, 6.45) is 0. The van der Waals surface area contributed by atoms with Gasteiger partial charge in [-0.1, -0.05) is 18.2 Å². The molecule has 0 fully saturated rings. The van der Waals surface area contributed by atoms with E-state index < -0.39 is 5.97 Å². The van der Waals surface area contributed by atoms with Gasteiger partial charge in [0.1, 0.15) is 4.88 Å². The molecule has 0 radical (unpaired) electrons. The van der Waals surface area contributed by atoms with Gasteiger partial charge in [-0.25, -0.2) is 4.79 Å². The fourth-order valence-electron chi connectivity index (χ4n) is 2.14. The number of carboxylic acids is 1. The van der Waals surface area contributed by atoms with E-state index in [1.807, 2.05) is 24.3 Å². The molecule has 0 saturated carbocycles. The van der Waals surface area contributed by atoms with Crippen LogP contribution in [0.15, 0.2) is 53.3 Å². The second-order valence-electron chi connectivity index (χ2n) is 4.39. The van der Waals surface area contributed by atoms with Crippen LogP contribution in [0.2, 0.25) is 0 Å². The zero-order valence-electron chi connectivity index (χ0n) is 10.4. The van der Waals surface area contributed by atoms with Gasteiger partial charge in [-0.15, -0.1) is 11.3 Å². The molecule has 100 valence electrons. The van der Waals surface area contributed by atoms with Crippen LogP contribution in [0.25, 0.3) is 10.9 Å². The van der Waals surface area contributed by atoms with Gasteiger partial charge in [0.15, 0.2) is 0 Å². The molecule has 1 N–H and O–H groups in total. The van der Waals surface area contributed by atoms with Crippen LogP contribution in [-0.4, -0.2) is 15.6 Å². The first kappa shape index (κ1) is 12.6. The number of pyridine rings is 1. The lowest BCUT2D eigenvalue weighted by atomic mass is 10.2. The van der Waals surface area contributed by atoms with E-state index in [1.54, 1.807) is 22.8 Å². The summed E-state index contributed by atoms with van der Waals surface area (Å²) in [5.41, 5.74) is 0.763. The Morgan fingerprint density at radius 2 is 1.90 bits per heavy atom. The molecule has 0 unspecified atom stereocenters. The van der Waals surface area contributed by atoms with E-state index in [-0.39, 0.29) is 10.4 Å². The number of para-hydroxylation sites is 1. The van der Waals surface area contributed by atoms with Crippen molar-refractivity contribution in [1.82, 2.24) is 4.57 Å². The molecule has 0 saturated heterocycles. The standard InChI is InChI=1S/C15H11NO3S/c17-14-8-5-10-3-1-2-4-12(10)16(14)9-11-6-7-13(20-11)15(18)19/h1-8H,9H2,(H,18,19). The summed E-state index contributed by atoms with van der Waals surface area (Å²) >= 11 is 1.19.